The zero-order chi connectivity index (χ0) is 23.7. The van der Waals surface area contributed by atoms with Crippen LogP contribution in [0.4, 0.5) is 0 Å². The third-order valence-corrected chi connectivity index (χ3v) is 6.43. The number of hydrogen-bond donors (Lipinski definition) is 1. The molecule has 0 atom stereocenters. The van der Waals surface area contributed by atoms with E-state index in [0.717, 1.165) is 15.7 Å². The fourth-order valence-corrected chi connectivity index (χ4v) is 4.67. The third-order valence-electron chi connectivity index (χ3n) is 5.54. The van der Waals surface area contributed by atoms with Gasteiger partial charge in [0, 0.05) is 6.54 Å². The molecular weight excluding hydrogens is 458 g/mol. The Kier molecular flexibility index (Phi) is 5.81. The number of ether oxygens (including phenoxy) is 3. The minimum Gasteiger partial charge on any atom is -0.497 e. The predicted octanol–water partition coefficient (Wildman–Crippen LogP) is 2.33. The van der Waals surface area contributed by atoms with Crippen LogP contribution in [0.2, 0.25) is 0 Å². The van der Waals surface area contributed by atoms with Crippen molar-refractivity contribution in [3.63, 3.8) is 0 Å². The van der Waals surface area contributed by atoms with Crippen molar-refractivity contribution in [2.24, 2.45) is 0 Å². The maximum absolute atomic E-state index is 13.3. The number of thiophene rings is 1. The Balaban J connectivity index is 1.40. The molecule has 5 rings (SSSR count). The quantitative estimate of drug-likeness (QED) is 0.437. The summed E-state index contributed by atoms with van der Waals surface area (Å²) in [4.78, 5) is 39.1. The molecule has 0 unspecified atom stereocenters. The van der Waals surface area contributed by atoms with Gasteiger partial charge in [0.25, 0.3) is 5.56 Å². The largest absolute Gasteiger partial charge is 0.497 e. The van der Waals surface area contributed by atoms with Gasteiger partial charge in [-0.3, -0.25) is 18.7 Å². The summed E-state index contributed by atoms with van der Waals surface area (Å²) in [5, 5.41) is 4.56. The highest BCUT2D eigenvalue weighted by Gasteiger charge is 2.18. The summed E-state index contributed by atoms with van der Waals surface area (Å²) in [6.07, 6.45) is 0. The van der Waals surface area contributed by atoms with Crippen LogP contribution in [0.25, 0.3) is 10.2 Å². The second-order valence-electron chi connectivity index (χ2n) is 7.71. The highest BCUT2D eigenvalue weighted by Crippen LogP contribution is 2.32. The first-order chi connectivity index (χ1) is 16.5. The van der Waals surface area contributed by atoms with Crippen molar-refractivity contribution in [1.29, 1.82) is 0 Å². The van der Waals surface area contributed by atoms with Crippen molar-refractivity contribution in [3.05, 3.63) is 85.9 Å². The molecule has 0 bridgehead atoms. The lowest BCUT2D eigenvalue weighted by Crippen LogP contribution is -2.42. The lowest BCUT2D eigenvalue weighted by Gasteiger charge is -2.13. The maximum atomic E-state index is 13.3. The highest BCUT2D eigenvalue weighted by atomic mass is 32.1. The minimum atomic E-state index is -0.544. The van der Waals surface area contributed by atoms with Crippen molar-refractivity contribution in [3.8, 4) is 17.2 Å². The number of aromatic nitrogens is 2. The van der Waals surface area contributed by atoms with E-state index in [1.54, 1.807) is 48.9 Å². The van der Waals surface area contributed by atoms with Crippen molar-refractivity contribution in [2.75, 3.05) is 13.9 Å². The average molecular weight is 480 g/mol. The van der Waals surface area contributed by atoms with Gasteiger partial charge in [0.15, 0.2) is 11.5 Å². The summed E-state index contributed by atoms with van der Waals surface area (Å²) in [7, 11) is 1.55. The zero-order valence-corrected chi connectivity index (χ0v) is 19.1. The van der Waals surface area contributed by atoms with Crippen LogP contribution in [0.15, 0.2) is 63.5 Å². The molecule has 0 saturated heterocycles. The van der Waals surface area contributed by atoms with E-state index in [9.17, 15) is 14.4 Å². The van der Waals surface area contributed by atoms with Crippen molar-refractivity contribution < 1.29 is 19.0 Å². The first-order valence-corrected chi connectivity index (χ1v) is 11.4. The molecule has 34 heavy (non-hydrogen) atoms. The van der Waals surface area contributed by atoms with Gasteiger partial charge < -0.3 is 19.5 Å². The van der Waals surface area contributed by atoms with E-state index in [-0.39, 0.29) is 37.9 Å². The summed E-state index contributed by atoms with van der Waals surface area (Å²) in [6, 6.07) is 14.3. The van der Waals surface area contributed by atoms with Gasteiger partial charge in [0.2, 0.25) is 12.7 Å². The van der Waals surface area contributed by atoms with Crippen LogP contribution in [-0.2, 0) is 24.4 Å². The lowest BCUT2D eigenvalue weighted by molar-refractivity contribution is -0.121. The van der Waals surface area contributed by atoms with Gasteiger partial charge in [0.1, 0.15) is 17.0 Å². The van der Waals surface area contributed by atoms with Crippen molar-refractivity contribution in [1.82, 2.24) is 14.5 Å². The number of nitrogens with zero attached hydrogens (tertiary/aromatic N) is 2. The molecule has 1 aliphatic heterocycles. The van der Waals surface area contributed by atoms with Gasteiger partial charge in [-0.05, 0) is 46.8 Å². The Morgan fingerprint density at radius 1 is 1.06 bits per heavy atom. The Morgan fingerprint density at radius 3 is 2.76 bits per heavy atom. The van der Waals surface area contributed by atoms with Gasteiger partial charge in [-0.2, -0.15) is 0 Å². The fraction of sp³-hybridized carbons (Fsp3) is 0.208. The Morgan fingerprint density at radius 2 is 1.91 bits per heavy atom. The normalized spacial score (nSPS) is 12.1. The number of methoxy groups -OCH3 is 1. The summed E-state index contributed by atoms with van der Waals surface area (Å²) in [6.45, 7) is 0.299. The molecule has 1 aliphatic rings. The molecule has 2 aromatic heterocycles. The van der Waals surface area contributed by atoms with E-state index in [4.69, 9.17) is 14.2 Å². The molecule has 1 amide bonds. The van der Waals surface area contributed by atoms with Crippen molar-refractivity contribution in [2.45, 2.75) is 19.6 Å². The Bertz CT molecular complexity index is 1500. The summed E-state index contributed by atoms with van der Waals surface area (Å²) >= 11 is 1.24. The number of fused-ring (bicyclic) bond motifs is 2. The monoisotopic (exact) mass is 479 g/mol. The van der Waals surface area contributed by atoms with Crippen molar-refractivity contribution >= 4 is 27.5 Å². The van der Waals surface area contributed by atoms with E-state index < -0.39 is 5.69 Å². The number of carbonyl (C=O) groups excluding carboxylic acids is 1. The minimum absolute atomic E-state index is 0.0710. The molecule has 0 fully saturated rings. The number of rotatable bonds is 7. The first-order valence-electron chi connectivity index (χ1n) is 10.5. The van der Waals surface area contributed by atoms with Gasteiger partial charge >= 0.3 is 5.69 Å². The summed E-state index contributed by atoms with van der Waals surface area (Å²) in [5.74, 6) is 1.58. The van der Waals surface area contributed by atoms with Crippen LogP contribution >= 0.6 is 11.3 Å². The van der Waals surface area contributed by atoms with Gasteiger partial charge in [0.05, 0.1) is 19.2 Å². The van der Waals surface area contributed by atoms with Crippen LogP contribution in [0, 0.1) is 0 Å². The van der Waals surface area contributed by atoms with Gasteiger partial charge in [-0.1, -0.05) is 18.2 Å². The fourth-order valence-electron chi connectivity index (χ4n) is 3.83. The molecular formula is C24H21N3O6S. The van der Waals surface area contributed by atoms with Crippen LogP contribution in [-0.4, -0.2) is 28.9 Å². The van der Waals surface area contributed by atoms with Crippen LogP contribution in [0.5, 0.6) is 17.2 Å². The molecule has 1 N–H and O–H groups in total. The van der Waals surface area contributed by atoms with Crippen LogP contribution in [0.1, 0.15) is 11.1 Å². The maximum Gasteiger partial charge on any atom is 0.332 e. The first kappa shape index (κ1) is 21.8. The molecule has 0 aliphatic carbocycles. The molecule has 174 valence electrons. The Labute approximate surface area is 197 Å². The van der Waals surface area contributed by atoms with E-state index >= 15 is 0 Å². The number of nitrogens with one attached hydrogen (secondary N) is 1. The summed E-state index contributed by atoms with van der Waals surface area (Å²) in [5.41, 5.74) is 1.11. The molecule has 0 spiro atoms. The van der Waals surface area contributed by atoms with E-state index in [0.29, 0.717) is 27.5 Å². The van der Waals surface area contributed by atoms with Crippen LogP contribution < -0.4 is 30.8 Å². The molecule has 9 nitrogen and oxygen atoms in total. The van der Waals surface area contributed by atoms with Gasteiger partial charge in [-0.25, -0.2) is 4.79 Å². The average Bonchev–Trinajstić information content (AvgIpc) is 3.53. The molecule has 0 saturated carbocycles. The predicted molar refractivity (Wildman–Crippen MR) is 127 cm³/mol. The van der Waals surface area contributed by atoms with Gasteiger partial charge in [-0.15, -0.1) is 11.3 Å². The highest BCUT2D eigenvalue weighted by molar-refractivity contribution is 7.17. The third kappa shape index (κ3) is 4.15. The number of hydrogen-bond acceptors (Lipinski definition) is 7. The topological polar surface area (TPSA) is 101 Å². The van der Waals surface area contributed by atoms with Crippen LogP contribution in [0.3, 0.4) is 0 Å². The van der Waals surface area contributed by atoms with E-state index in [1.165, 1.54) is 15.9 Å². The number of carbonyl (C=O) groups is 1. The molecule has 0 radical (unpaired) electrons. The van der Waals surface area contributed by atoms with E-state index in [1.807, 2.05) is 12.1 Å². The Hall–Kier alpha value is -4.05. The lowest BCUT2D eigenvalue weighted by atomic mass is 10.2. The molecule has 10 heteroatoms. The second-order valence-corrected chi connectivity index (χ2v) is 8.63. The van der Waals surface area contributed by atoms with E-state index in [2.05, 4.69) is 5.32 Å². The second kappa shape index (κ2) is 9.06. The standard InChI is InChI=1S/C24H21N3O6S/c1-31-17-4-2-3-16(9-17)12-27-23(29)22-18(7-8-34-22)26(24(27)30)13-21(28)25-11-15-5-6-19-20(10-15)33-14-32-19/h2-10H,11-14H2,1H3,(H,25,28). The zero-order valence-electron chi connectivity index (χ0n) is 18.3. The molecule has 3 heterocycles. The molecule has 4 aromatic rings. The smallest absolute Gasteiger partial charge is 0.332 e. The number of benzene rings is 2. The molecule has 2 aromatic carbocycles. The SMILES string of the molecule is COc1cccc(Cn2c(=O)c3sccc3n(CC(=O)NCc3ccc4c(c3)OCO4)c2=O)c1. The number of amides is 1. The summed E-state index contributed by atoms with van der Waals surface area (Å²) < 4.78 is 18.8.